The predicted molar refractivity (Wildman–Crippen MR) is 68.6 cm³/mol. The molecule has 1 aromatic rings. The number of likely N-dealkylation sites (N-methyl/N-ethyl adjacent to an activating group) is 1. The van der Waals surface area contributed by atoms with Gasteiger partial charge in [0, 0.05) is 12.1 Å². The zero-order valence-electron chi connectivity index (χ0n) is 9.96. The van der Waals surface area contributed by atoms with Crippen LogP contribution in [0.25, 0.3) is 0 Å². The van der Waals surface area contributed by atoms with E-state index < -0.39 is 6.10 Å². The summed E-state index contributed by atoms with van der Waals surface area (Å²) in [6.07, 6.45) is 3.45. The first-order chi connectivity index (χ1) is 8.15. The molecule has 0 heterocycles. The number of hydrogen-bond acceptors (Lipinski definition) is 3. The second kappa shape index (κ2) is 5.25. The van der Waals surface area contributed by atoms with Crippen molar-refractivity contribution in [2.75, 3.05) is 13.6 Å². The van der Waals surface area contributed by atoms with Crippen LogP contribution < -0.4 is 5.32 Å². The van der Waals surface area contributed by atoms with Gasteiger partial charge in [-0.25, -0.2) is 0 Å². The molecule has 1 aliphatic carbocycles. The highest BCUT2D eigenvalue weighted by atomic mass is 35.5. The van der Waals surface area contributed by atoms with Crippen LogP contribution in [-0.4, -0.2) is 23.8 Å². The standard InChI is InChI=1S/C13H18ClNO2/c1-15-7-11(16)10-6-8-4-2-3-5-9(8)12(14)13(10)17/h6,11,15-17H,2-5,7H2,1H3. The van der Waals surface area contributed by atoms with E-state index in [2.05, 4.69) is 5.32 Å². The number of nitrogens with one attached hydrogen (secondary N) is 1. The Hall–Kier alpha value is -0.770. The number of halogens is 1. The number of rotatable bonds is 3. The van der Waals surface area contributed by atoms with Crippen LogP contribution in [-0.2, 0) is 12.8 Å². The predicted octanol–water partition coefficient (Wildman–Crippen LogP) is 2.18. The molecule has 1 unspecified atom stereocenters. The van der Waals surface area contributed by atoms with Crippen molar-refractivity contribution in [3.63, 3.8) is 0 Å². The quantitative estimate of drug-likeness (QED) is 0.776. The lowest BCUT2D eigenvalue weighted by atomic mass is 9.88. The van der Waals surface area contributed by atoms with E-state index in [-0.39, 0.29) is 5.75 Å². The van der Waals surface area contributed by atoms with Crippen molar-refractivity contribution in [2.45, 2.75) is 31.8 Å². The lowest BCUT2D eigenvalue weighted by Gasteiger charge is -2.22. The van der Waals surface area contributed by atoms with Gasteiger partial charge in [0.25, 0.3) is 0 Å². The highest BCUT2D eigenvalue weighted by Crippen LogP contribution is 2.39. The summed E-state index contributed by atoms with van der Waals surface area (Å²) in [4.78, 5) is 0. The molecule has 0 fully saturated rings. The Morgan fingerprint density at radius 2 is 2.12 bits per heavy atom. The number of hydrogen-bond donors (Lipinski definition) is 3. The molecule has 0 aliphatic heterocycles. The van der Waals surface area contributed by atoms with E-state index in [4.69, 9.17) is 11.6 Å². The molecule has 1 aliphatic rings. The van der Waals surface area contributed by atoms with Crippen LogP contribution in [0.1, 0.15) is 35.6 Å². The summed E-state index contributed by atoms with van der Waals surface area (Å²) < 4.78 is 0. The maximum atomic E-state index is 10.0. The molecular weight excluding hydrogens is 238 g/mol. The van der Waals surface area contributed by atoms with Crippen LogP contribution in [0, 0.1) is 0 Å². The second-order valence-electron chi connectivity index (χ2n) is 4.55. The lowest BCUT2D eigenvalue weighted by molar-refractivity contribution is 0.174. The van der Waals surface area contributed by atoms with Crippen molar-refractivity contribution in [3.8, 4) is 5.75 Å². The Bertz CT molecular complexity index is 420. The summed E-state index contributed by atoms with van der Waals surface area (Å²) in [6, 6.07) is 1.90. The average Bonchev–Trinajstić information content (AvgIpc) is 2.34. The fraction of sp³-hybridized carbons (Fsp3) is 0.538. The number of aryl methyl sites for hydroxylation is 1. The normalized spacial score (nSPS) is 16.6. The molecule has 0 bridgehead atoms. The molecule has 0 saturated carbocycles. The molecule has 0 spiro atoms. The summed E-state index contributed by atoms with van der Waals surface area (Å²) in [7, 11) is 1.76. The van der Waals surface area contributed by atoms with Crippen molar-refractivity contribution in [1.82, 2.24) is 5.32 Å². The second-order valence-corrected chi connectivity index (χ2v) is 4.92. The molecule has 17 heavy (non-hydrogen) atoms. The number of aromatic hydroxyl groups is 1. The van der Waals surface area contributed by atoms with Gasteiger partial charge in [-0.3, -0.25) is 0 Å². The van der Waals surface area contributed by atoms with Gasteiger partial charge in [0.05, 0.1) is 11.1 Å². The van der Waals surface area contributed by atoms with E-state index in [9.17, 15) is 10.2 Å². The highest BCUT2D eigenvalue weighted by Gasteiger charge is 2.21. The van der Waals surface area contributed by atoms with Crippen molar-refractivity contribution in [3.05, 3.63) is 27.8 Å². The van der Waals surface area contributed by atoms with Crippen LogP contribution in [0.15, 0.2) is 6.07 Å². The average molecular weight is 256 g/mol. The largest absolute Gasteiger partial charge is 0.506 e. The Kier molecular flexibility index (Phi) is 3.92. The first-order valence-corrected chi connectivity index (χ1v) is 6.38. The minimum atomic E-state index is -0.718. The SMILES string of the molecule is CNCC(O)c1cc2c(c(Cl)c1O)CCCC2. The van der Waals surface area contributed by atoms with Gasteiger partial charge < -0.3 is 15.5 Å². The third kappa shape index (κ3) is 2.41. The molecule has 4 heteroatoms. The van der Waals surface area contributed by atoms with Crippen molar-refractivity contribution in [2.24, 2.45) is 0 Å². The number of benzene rings is 1. The van der Waals surface area contributed by atoms with Crippen molar-refractivity contribution < 1.29 is 10.2 Å². The number of aliphatic hydroxyl groups excluding tert-OH is 1. The molecule has 0 saturated heterocycles. The minimum Gasteiger partial charge on any atom is -0.506 e. The van der Waals surface area contributed by atoms with Crippen LogP contribution in [0.3, 0.4) is 0 Å². The van der Waals surface area contributed by atoms with E-state index in [1.807, 2.05) is 6.07 Å². The van der Waals surface area contributed by atoms with E-state index in [1.165, 1.54) is 5.56 Å². The van der Waals surface area contributed by atoms with Crippen LogP contribution >= 0.6 is 11.6 Å². The van der Waals surface area contributed by atoms with Crippen molar-refractivity contribution in [1.29, 1.82) is 0 Å². The molecule has 3 nitrogen and oxygen atoms in total. The van der Waals surface area contributed by atoms with Gasteiger partial charge in [-0.05, 0) is 49.9 Å². The van der Waals surface area contributed by atoms with Gasteiger partial charge in [-0.2, -0.15) is 0 Å². The van der Waals surface area contributed by atoms with Gasteiger partial charge in [-0.15, -0.1) is 0 Å². The Morgan fingerprint density at radius 3 is 2.82 bits per heavy atom. The van der Waals surface area contributed by atoms with Gasteiger partial charge in [0.15, 0.2) is 0 Å². The smallest absolute Gasteiger partial charge is 0.140 e. The first kappa shape index (κ1) is 12.7. The van der Waals surface area contributed by atoms with Gasteiger partial charge >= 0.3 is 0 Å². The zero-order chi connectivity index (χ0) is 12.4. The summed E-state index contributed by atoms with van der Waals surface area (Å²) in [5.74, 6) is 0.0371. The number of phenols is 1. The van der Waals surface area contributed by atoms with E-state index in [1.54, 1.807) is 7.05 Å². The molecule has 2 rings (SSSR count). The molecule has 94 valence electrons. The highest BCUT2D eigenvalue weighted by molar-refractivity contribution is 6.33. The molecule has 1 aromatic carbocycles. The lowest BCUT2D eigenvalue weighted by Crippen LogP contribution is -2.17. The summed E-state index contributed by atoms with van der Waals surface area (Å²) >= 11 is 6.18. The van der Waals surface area contributed by atoms with Crippen LogP contribution in [0.4, 0.5) is 0 Å². The van der Waals surface area contributed by atoms with Crippen molar-refractivity contribution >= 4 is 11.6 Å². The molecule has 0 aromatic heterocycles. The Labute approximate surface area is 106 Å². The Morgan fingerprint density at radius 1 is 1.41 bits per heavy atom. The van der Waals surface area contributed by atoms with E-state index >= 15 is 0 Å². The topological polar surface area (TPSA) is 52.5 Å². The van der Waals surface area contributed by atoms with E-state index in [0.29, 0.717) is 17.1 Å². The fourth-order valence-electron chi connectivity index (χ4n) is 2.42. The molecule has 0 radical (unpaired) electrons. The minimum absolute atomic E-state index is 0.0371. The maximum Gasteiger partial charge on any atom is 0.140 e. The molecule has 1 atom stereocenters. The van der Waals surface area contributed by atoms with Gasteiger partial charge in [0.1, 0.15) is 5.75 Å². The number of aliphatic hydroxyl groups is 1. The van der Waals surface area contributed by atoms with E-state index in [0.717, 1.165) is 31.2 Å². The zero-order valence-corrected chi connectivity index (χ0v) is 10.7. The van der Waals surface area contributed by atoms with Gasteiger partial charge in [0.2, 0.25) is 0 Å². The summed E-state index contributed by atoms with van der Waals surface area (Å²) in [5, 5.41) is 23.3. The molecule has 0 amide bonds. The third-order valence-electron chi connectivity index (χ3n) is 3.34. The van der Waals surface area contributed by atoms with Crippen LogP contribution in [0.5, 0.6) is 5.75 Å². The Balaban J connectivity index is 2.43. The third-order valence-corrected chi connectivity index (χ3v) is 3.75. The maximum absolute atomic E-state index is 10.0. The van der Waals surface area contributed by atoms with Crippen LogP contribution in [0.2, 0.25) is 5.02 Å². The molecular formula is C13H18ClNO2. The fourth-order valence-corrected chi connectivity index (χ4v) is 2.75. The molecule has 3 N–H and O–H groups in total. The summed E-state index contributed by atoms with van der Waals surface area (Å²) in [5.41, 5.74) is 2.75. The van der Waals surface area contributed by atoms with Gasteiger partial charge in [-0.1, -0.05) is 11.6 Å². The number of fused-ring (bicyclic) bond motifs is 1. The number of phenolic OH excluding ortho intramolecular Hbond substituents is 1. The first-order valence-electron chi connectivity index (χ1n) is 6.01. The monoisotopic (exact) mass is 255 g/mol. The summed E-state index contributed by atoms with van der Waals surface area (Å²) in [6.45, 7) is 0.405.